The molecule has 1 aliphatic rings. The maximum Gasteiger partial charge on any atom is 0.220 e. The van der Waals surface area contributed by atoms with Crippen LogP contribution < -0.4 is 20.7 Å². The zero-order valence-electron chi connectivity index (χ0n) is 15.3. The third-order valence-electron chi connectivity index (χ3n) is 4.96. The Morgan fingerprint density at radius 3 is 2.58 bits per heavy atom. The molecule has 0 radical (unpaired) electrons. The van der Waals surface area contributed by atoms with Gasteiger partial charge >= 0.3 is 0 Å². The number of nitrogens with two attached hydrogens (primary N) is 1. The third-order valence-corrected chi connectivity index (χ3v) is 4.96. The van der Waals surface area contributed by atoms with Crippen molar-refractivity contribution in [2.45, 2.75) is 31.7 Å². The van der Waals surface area contributed by atoms with Crippen LogP contribution in [-0.4, -0.2) is 32.1 Å². The highest BCUT2D eigenvalue weighted by Crippen LogP contribution is 2.29. The fourth-order valence-corrected chi connectivity index (χ4v) is 3.47. The quantitative estimate of drug-likeness (QED) is 0.784. The lowest BCUT2D eigenvalue weighted by Gasteiger charge is -2.34. The number of rotatable bonds is 6. The van der Waals surface area contributed by atoms with Gasteiger partial charge in [-0.3, -0.25) is 4.79 Å². The number of ether oxygens (including phenoxy) is 1. The van der Waals surface area contributed by atoms with Gasteiger partial charge in [0, 0.05) is 31.2 Å². The molecule has 138 valence electrons. The van der Waals surface area contributed by atoms with Crippen molar-refractivity contribution in [3.8, 4) is 5.75 Å². The van der Waals surface area contributed by atoms with Crippen LogP contribution >= 0.6 is 0 Å². The zero-order chi connectivity index (χ0) is 18.4. The fourth-order valence-electron chi connectivity index (χ4n) is 3.47. The molecule has 0 unspecified atom stereocenters. The molecule has 0 atom stereocenters. The maximum atomic E-state index is 12.3. The fraction of sp³-hybridized carbons (Fsp3) is 0.381. The van der Waals surface area contributed by atoms with Crippen LogP contribution in [0.5, 0.6) is 5.75 Å². The Hall–Kier alpha value is -2.69. The first-order valence-electron chi connectivity index (χ1n) is 9.18. The van der Waals surface area contributed by atoms with Crippen molar-refractivity contribution in [2.75, 3.05) is 30.8 Å². The normalized spacial score (nSPS) is 14.9. The van der Waals surface area contributed by atoms with Crippen LogP contribution in [0.3, 0.4) is 0 Å². The van der Waals surface area contributed by atoms with Gasteiger partial charge in [0.25, 0.3) is 0 Å². The molecule has 5 heteroatoms. The number of para-hydroxylation sites is 3. The minimum Gasteiger partial charge on any atom is -0.495 e. The van der Waals surface area contributed by atoms with Gasteiger partial charge in [0.2, 0.25) is 5.91 Å². The van der Waals surface area contributed by atoms with Gasteiger partial charge in [0.1, 0.15) is 5.75 Å². The molecule has 2 aromatic rings. The first-order valence-corrected chi connectivity index (χ1v) is 9.18. The molecule has 1 amide bonds. The number of carbonyl (C=O) groups excluding carboxylic acids is 1. The topological polar surface area (TPSA) is 67.6 Å². The number of nitrogens with one attached hydrogen (secondary N) is 1. The number of anilines is 2. The van der Waals surface area contributed by atoms with Gasteiger partial charge in [0.15, 0.2) is 0 Å². The Bertz CT molecular complexity index is 740. The van der Waals surface area contributed by atoms with Crippen molar-refractivity contribution >= 4 is 17.3 Å². The van der Waals surface area contributed by atoms with E-state index >= 15 is 0 Å². The number of methoxy groups -OCH3 is 1. The Kier molecular flexibility index (Phi) is 6.00. The molecule has 0 spiro atoms. The summed E-state index contributed by atoms with van der Waals surface area (Å²) in [4.78, 5) is 14.6. The summed E-state index contributed by atoms with van der Waals surface area (Å²) in [5.41, 5.74) is 8.85. The van der Waals surface area contributed by atoms with Gasteiger partial charge in [-0.2, -0.15) is 0 Å². The largest absolute Gasteiger partial charge is 0.495 e. The van der Waals surface area contributed by atoms with Crippen LogP contribution in [0.1, 0.15) is 24.8 Å². The van der Waals surface area contributed by atoms with Crippen molar-refractivity contribution in [3.63, 3.8) is 0 Å². The molecule has 2 aromatic carbocycles. The van der Waals surface area contributed by atoms with Crippen molar-refractivity contribution in [2.24, 2.45) is 0 Å². The van der Waals surface area contributed by atoms with Crippen molar-refractivity contribution in [1.82, 2.24) is 5.32 Å². The Balaban J connectivity index is 1.46. The van der Waals surface area contributed by atoms with E-state index in [9.17, 15) is 4.79 Å². The van der Waals surface area contributed by atoms with Crippen molar-refractivity contribution in [3.05, 3.63) is 54.1 Å². The number of aryl methyl sites for hydroxylation is 1. The predicted molar refractivity (Wildman–Crippen MR) is 106 cm³/mol. The molecule has 0 saturated carbocycles. The Labute approximate surface area is 155 Å². The first-order chi connectivity index (χ1) is 12.7. The highest BCUT2D eigenvalue weighted by Gasteiger charge is 2.22. The minimum absolute atomic E-state index is 0.101. The van der Waals surface area contributed by atoms with Crippen LogP contribution in [0.25, 0.3) is 0 Å². The molecule has 1 aliphatic heterocycles. The molecule has 0 bridgehead atoms. The van der Waals surface area contributed by atoms with Crippen molar-refractivity contribution < 1.29 is 9.53 Å². The molecule has 1 fully saturated rings. The van der Waals surface area contributed by atoms with E-state index in [1.165, 1.54) is 0 Å². The Morgan fingerprint density at radius 1 is 1.15 bits per heavy atom. The second-order valence-electron chi connectivity index (χ2n) is 6.70. The number of benzene rings is 2. The number of nitrogens with zero attached hydrogens (tertiary/aromatic N) is 1. The summed E-state index contributed by atoms with van der Waals surface area (Å²) in [6.07, 6.45) is 3.04. The predicted octanol–water partition coefficient (Wildman–Crippen LogP) is 3.00. The molecule has 0 aromatic heterocycles. The minimum atomic E-state index is 0.101. The van der Waals surface area contributed by atoms with Gasteiger partial charge in [-0.1, -0.05) is 30.3 Å². The SMILES string of the molecule is COc1ccccc1N1CCC(NC(=O)CCc2ccccc2N)CC1. The standard InChI is InChI=1S/C21H27N3O2/c1-26-20-9-5-4-8-19(20)24-14-12-17(13-15-24)23-21(25)11-10-16-6-2-3-7-18(16)22/h2-9,17H,10-15,22H2,1H3,(H,23,25). The molecule has 1 heterocycles. The lowest BCUT2D eigenvalue weighted by Crippen LogP contribution is -2.44. The summed E-state index contributed by atoms with van der Waals surface area (Å²) >= 11 is 0. The van der Waals surface area contributed by atoms with Gasteiger partial charge in [-0.15, -0.1) is 0 Å². The highest BCUT2D eigenvalue weighted by molar-refractivity contribution is 5.76. The molecular formula is C21H27N3O2. The van der Waals surface area contributed by atoms with Crippen molar-refractivity contribution in [1.29, 1.82) is 0 Å². The molecule has 0 aliphatic carbocycles. The highest BCUT2D eigenvalue weighted by atomic mass is 16.5. The summed E-state index contributed by atoms with van der Waals surface area (Å²) in [5.74, 6) is 0.999. The molecule has 5 nitrogen and oxygen atoms in total. The van der Waals surface area contributed by atoms with Crippen LogP contribution in [0, 0.1) is 0 Å². The first kappa shape index (κ1) is 18.1. The number of carbonyl (C=O) groups is 1. The molecule has 1 saturated heterocycles. The number of amides is 1. The lowest BCUT2D eigenvalue weighted by atomic mass is 10.0. The second-order valence-corrected chi connectivity index (χ2v) is 6.70. The van der Waals surface area contributed by atoms with Gasteiger partial charge < -0.3 is 20.7 Å². The van der Waals surface area contributed by atoms with Crippen LogP contribution in [-0.2, 0) is 11.2 Å². The van der Waals surface area contributed by atoms with Gasteiger partial charge in [-0.25, -0.2) is 0 Å². The van der Waals surface area contributed by atoms with E-state index in [0.717, 1.165) is 48.6 Å². The van der Waals surface area contributed by atoms with E-state index in [4.69, 9.17) is 10.5 Å². The van der Waals surface area contributed by atoms with E-state index in [0.29, 0.717) is 12.8 Å². The lowest BCUT2D eigenvalue weighted by molar-refractivity contribution is -0.121. The summed E-state index contributed by atoms with van der Waals surface area (Å²) in [7, 11) is 1.70. The summed E-state index contributed by atoms with van der Waals surface area (Å²) < 4.78 is 5.45. The van der Waals surface area contributed by atoms with Crippen LogP contribution in [0.15, 0.2) is 48.5 Å². The number of nitrogen functional groups attached to an aromatic ring is 1. The third kappa shape index (κ3) is 4.48. The van der Waals surface area contributed by atoms with E-state index in [1.54, 1.807) is 7.11 Å². The monoisotopic (exact) mass is 353 g/mol. The summed E-state index contributed by atoms with van der Waals surface area (Å²) in [6.45, 7) is 1.83. The molecule has 26 heavy (non-hydrogen) atoms. The van der Waals surface area contributed by atoms with Crippen LogP contribution in [0.2, 0.25) is 0 Å². The van der Waals surface area contributed by atoms with Gasteiger partial charge in [-0.05, 0) is 43.0 Å². The van der Waals surface area contributed by atoms with E-state index in [-0.39, 0.29) is 11.9 Å². The average Bonchev–Trinajstić information content (AvgIpc) is 2.68. The average molecular weight is 353 g/mol. The Morgan fingerprint density at radius 2 is 1.85 bits per heavy atom. The summed E-state index contributed by atoms with van der Waals surface area (Å²) in [5, 5.41) is 3.17. The second kappa shape index (κ2) is 8.61. The number of piperidine rings is 1. The van der Waals surface area contributed by atoms with E-state index < -0.39 is 0 Å². The number of hydrogen-bond donors (Lipinski definition) is 2. The molecule has 3 N–H and O–H groups in total. The summed E-state index contributed by atoms with van der Waals surface area (Å²) in [6, 6.07) is 16.0. The smallest absolute Gasteiger partial charge is 0.220 e. The molecule has 3 rings (SSSR count). The zero-order valence-corrected chi connectivity index (χ0v) is 15.3. The van der Waals surface area contributed by atoms with Gasteiger partial charge in [0.05, 0.1) is 12.8 Å². The molecular weight excluding hydrogens is 326 g/mol. The van der Waals surface area contributed by atoms with Crippen LogP contribution in [0.4, 0.5) is 11.4 Å². The maximum absolute atomic E-state index is 12.3. The van der Waals surface area contributed by atoms with E-state index in [2.05, 4.69) is 16.3 Å². The number of hydrogen-bond acceptors (Lipinski definition) is 4. The van der Waals surface area contributed by atoms with E-state index in [1.807, 2.05) is 42.5 Å².